The molecule has 0 spiro atoms. The minimum Gasteiger partial charge on any atom is -0.349 e. The van der Waals surface area contributed by atoms with E-state index in [1.54, 1.807) is 0 Å². The van der Waals surface area contributed by atoms with Crippen LogP contribution in [0.3, 0.4) is 0 Å². The maximum atomic E-state index is 13.3. The Balaban J connectivity index is 2.98. The first-order valence-corrected chi connectivity index (χ1v) is 4.88. The van der Waals surface area contributed by atoms with Gasteiger partial charge in [0.15, 0.2) is 0 Å². The van der Waals surface area contributed by atoms with Gasteiger partial charge in [-0.15, -0.1) is 0 Å². The smallest absolute Gasteiger partial charge is 0.349 e. The Kier molecular flexibility index (Phi) is 4.09. The van der Waals surface area contributed by atoms with Gasteiger partial charge in [-0.2, -0.15) is 13.2 Å². The number of carbonyl (C=O) groups is 1. The second kappa shape index (κ2) is 5.16. The topological polar surface area (TPSA) is 29.1 Å². The molecule has 0 fully saturated rings. The van der Waals surface area contributed by atoms with Crippen LogP contribution in [0.5, 0.6) is 0 Å². The number of amides is 1. The molecule has 94 valence electrons. The van der Waals surface area contributed by atoms with Crippen LogP contribution in [-0.4, -0.2) is 12.1 Å². The second-order valence-electron chi connectivity index (χ2n) is 3.59. The van der Waals surface area contributed by atoms with Gasteiger partial charge in [-0.1, -0.05) is 18.2 Å². The summed E-state index contributed by atoms with van der Waals surface area (Å²) < 4.78 is 50.2. The molecule has 1 amide bonds. The van der Waals surface area contributed by atoms with Crippen molar-refractivity contribution in [1.29, 1.82) is 0 Å². The Morgan fingerprint density at radius 1 is 1.35 bits per heavy atom. The van der Waals surface area contributed by atoms with Gasteiger partial charge in [0.2, 0.25) is 5.91 Å². The average Bonchev–Trinajstić information content (AvgIpc) is 2.14. The Morgan fingerprint density at radius 2 is 1.94 bits per heavy atom. The molecule has 1 aromatic rings. The van der Waals surface area contributed by atoms with E-state index in [9.17, 15) is 22.4 Å². The van der Waals surface area contributed by atoms with Crippen LogP contribution >= 0.6 is 0 Å². The third kappa shape index (κ3) is 4.42. The summed E-state index contributed by atoms with van der Waals surface area (Å²) in [5.41, 5.74) is -0.167. The van der Waals surface area contributed by atoms with Crippen molar-refractivity contribution >= 4 is 5.91 Å². The summed E-state index contributed by atoms with van der Waals surface area (Å²) in [6, 6.07) is 3.68. The standard InChI is InChI=1S/C11H11F4NO/c1-7(17)16-10(6-11(13,14)15)8-4-2-3-5-9(8)12/h2-5,10H,6H2,1H3,(H,16,17). The molecule has 2 nitrogen and oxygen atoms in total. The van der Waals surface area contributed by atoms with Crippen LogP contribution in [0.1, 0.15) is 24.9 Å². The van der Waals surface area contributed by atoms with Gasteiger partial charge in [0, 0.05) is 12.5 Å². The van der Waals surface area contributed by atoms with Crippen LogP contribution < -0.4 is 5.32 Å². The van der Waals surface area contributed by atoms with Crippen LogP contribution in [-0.2, 0) is 4.79 Å². The number of hydrogen-bond acceptors (Lipinski definition) is 1. The van der Waals surface area contributed by atoms with Crippen LogP contribution in [0.2, 0.25) is 0 Å². The zero-order valence-electron chi connectivity index (χ0n) is 9.01. The van der Waals surface area contributed by atoms with Crippen molar-refractivity contribution in [2.45, 2.75) is 25.6 Å². The molecule has 0 heterocycles. The van der Waals surface area contributed by atoms with Gasteiger partial charge < -0.3 is 5.32 Å². The lowest BCUT2D eigenvalue weighted by Crippen LogP contribution is -2.30. The van der Waals surface area contributed by atoms with Crippen molar-refractivity contribution in [3.05, 3.63) is 35.6 Å². The molecule has 17 heavy (non-hydrogen) atoms. The summed E-state index contributed by atoms with van der Waals surface area (Å²) in [6.07, 6.45) is -5.77. The number of hydrogen-bond donors (Lipinski definition) is 1. The average molecular weight is 249 g/mol. The highest BCUT2D eigenvalue weighted by Crippen LogP contribution is 2.30. The van der Waals surface area contributed by atoms with E-state index < -0.39 is 30.4 Å². The van der Waals surface area contributed by atoms with E-state index in [0.29, 0.717) is 0 Å². The molecule has 1 aromatic carbocycles. The highest BCUT2D eigenvalue weighted by Gasteiger charge is 2.34. The molecule has 0 aromatic heterocycles. The molecular formula is C11H11F4NO. The van der Waals surface area contributed by atoms with Gasteiger partial charge in [-0.25, -0.2) is 4.39 Å². The van der Waals surface area contributed by atoms with Crippen LogP contribution in [0.15, 0.2) is 24.3 Å². The molecular weight excluding hydrogens is 238 g/mol. The first-order valence-electron chi connectivity index (χ1n) is 4.88. The summed E-state index contributed by atoms with van der Waals surface area (Å²) in [6.45, 7) is 1.09. The third-order valence-electron chi connectivity index (χ3n) is 2.09. The molecule has 1 N–H and O–H groups in total. The van der Waals surface area contributed by atoms with Gasteiger partial charge >= 0.3 is 6.18 Å². The van der Waals surface area contributed by atoms with E-state index in [1.165, 1.54) is 18.2 Å². The van der Waals surface area contributed by atoms with E-state index in [4.69, 9.17) is 0 Å². The lowest BCUT2D eigenvalue weighted by molar-refractivity contribution is -0.142. The maximum absolute atomic E-state index is 13.3. The molecule has 0 aliphatic carbocycles. The van der Waals surface area contributed by atoms with E-state index in [2.05, 4.69) is 5.32 Å². The van der Waals surface area contributed by atoms with Crippen molar-refractivity contribution in [3.63, 3.8) is 0 Å². The first kappa shape index (κ1) is 13.5. The highest BCUT2D eigenvalue weighted by atomic mass is 19.4. The molecule has 1 rings (SSSR count). The fourth-order valence-electron chi connectivity index (χ4n) is 1.47. The van der Waals surface area contributed by atoms with E-state index in [1.807, 2.05) is 0 Å². The quantitative estimate of drug-likeness (QED) is 0.820. The SMILES string of the molecule is CC(=O)NC(CC(F)(F)F)c1ccccc1F. The first-order chi connectivity index (χ1) is 7.79. The Hall–Kier alpha value is -1.59. The lowest BCUT2D eigenvalue weighted by atomic mass is 10.0. The van der Waals surface area contributed by atoms with Crippen molar-refractivity contribution in [3.8, 4) is 0 Å². The Labute approximate surface area is 95.6 Å². The summed E-state index contributed by atoms with van der Waals surface area (Å²) in [5, 5.41) is 2.09. The van der Waals surface area contributed by atoms with Crippen LogP contribution in [0, 0.1) is 5.82 Å². The molecule has 0 saturated heterocycles. The molecule has 0 saturated carbocycles. The lowest BCUT2D eigenvalue weighted by Gasteiger charge is -2.20. The fourth-order valence-corrected chi connectivity index (χ4v) is 1.47. The summed E-state index contributed by atoms with van der Waals surface area (Å²) in [5.74, 6) is -1.40. The zero-order chi connectivity index (χ0) is 13.1. The Bertz CT molecular complexity index is 403. The van der Waals surface area contributed by atoms with E-state index in [0.717, 1.165) is 13.0 Å². The van der Waals surface area contributed by atoms with Gasteiger partial charge in [0.25, 0.3) is 0 Å². The molecule has 6 heteroatoms. The number of halogens is 4. The van der Waals surface area contributed by atoms with E-state index in [-0.39, 0.29) is 5.56 Å². The van der Waals surface area contributed by atoms with Crippen molar-refractivity contribution < 1.29 is 22.4 Å². The number of nitrogens with one attached hydrogen (secondary N) is 1. The molecule has 0 aliphatic heterocycles. The normalized spacial score (nSPS) is 13.2. The van der Waals surface area contributed by atoms with Gasteiger partial charge in [-0.3, -0.25) is 4.79 Å². The van der Waals surface area contributed by atoms with Crippen LogP contribution in [0.4, 0.5) is 17.6 Å². The predicted molar refractivity (Wildman–Crippen MR) is 53.6 cm³/mol. The minimum atomic E-state index is -4.48. The van der Waals surface area contributed by atoms with E-state index >= 15 is 0 Å². The molecule has 0 aliphatic rings. The molecule has 0 radical (unpaired) electrons. The molecule has 0 bridgehead atoms. The molecule has 1 atom stereocenters. The predicted octanol–water partition coefficient (Wildman–Crippen LogP) is 2.96. The largest absolute Gasteiger partial charge is 0.391 e. The second-order valence-corrected chi connectivity index (χ2v) is 3.59. The fraction of sp³-hybridized carbons (Fsp3) is 0.364. The van der Waals surface area contributed by atoms with Crippen molar-refractivity contribution in [1.82, 2.24) is 5.32 Å². The van der Waals surface area contributed by atoms with Gasteiger partial charge in [0.1, 0.15) is 5.82 Å². The number of carbonyl (C=O) groups excluding carboxylic acids is 1. The summed E-state index contributed by atoms with van der Waals surface area (Å²) >= 11 is 0. The highest BCUT2D eigenvalue weighted by molar-refractivity contribution is 5.73. The monoisotopic (exact) mass is 249 g/mol. The van der Waals surface area contributed by atoms with Gasteiger partial charge in [0.05, 0.1) is 12.5 Å². The minimum absolute atomic E-state index is 0.167. The zero-order valence-corrected chi connectivity index (χ0v) is 9.01. The van der Waals surface area contributed by atoms with Crippen molar-refractivity contribution in [2.75, 3.05) is 0 Å². The van der Waals surface area contributed by atoms with Crippen LogP contribution in [0.25, 0.3) is 0 Å². The number of rotatable bonds is 3. The number of benzene rings is 1. The summed E-state index contributed by atoms with van der Waals surface area (Å²) in [7, 11) is 0. The van der Waals surface area contributed by atoms with Crippen molar-refractivity contribution in [2.24, 2.45) is 0 Å². The Morgan fingerprint density at radius 3 is 2.41 bits per heavy atom. The number of alkyl halides is 3. The summed E-state index contributed by atoms with van der Waals surface area (Å²) in [4.78, 5) is 10.8. The molecule has 1 unspecified atom stereocenters. The maximum Gasteiger partial charge on any atom is 0.391 e. The van der Waals surface area contributed by atoms with Gasteiger partial charge in [-0.05, 0) is 6.07 Å². The third-order valence-corrected chi connectivity index (χ3v) is 2.09.